The molecule has 0 radical (unpaired) electrons. The maximum absolute atomic E-state index is 11.2. The third-order valence-electron chi connectivity index (χ3n) is 1.87. The van der Waals surface area contributed by atoms with E-state index in [1.54, 1.807) is 19.1 Å². The van der Waals surface area contributed by atoms with Crippen LogP contribution in [-0.4, -0.2) is 12.6 Å². The molecule has 0 saturated carbocycles. The standard InChI is InChI=1S/C11H14O2/c1-3-9-5-7-10(8-6-9)11(12)13-4-2/h5-8H,3-4H2,1-2H3. The molecule has 0 spiro atoms. The van der Waals surface area contributed by atoms with Crippen LogP contribution >= 0.6 is 0 Å². The Balaban J connectivity index is 2.74. The van der Waals surface area contributed by atoms with Gasteiger partial charge in [-0.05, 0) is 31.0 Å². The molecule has 0 amide bonds. The van der Waals surface area contributed by atoms with Crippen molar-refractivity contribution in [2.24, 2.45) is 0 Å². The molecule has 0 aliphatic carbocycles. The van der Waals surface area contributed by atoms with Gasteiger partial charge in [-0.15, -0.1) is 0 Å². The average molecular weight is 178 g/mol. The lowest BCUT2D eigenvalue weighted by Crippen LogP contribution is -2.04. The summed E-state index contributed by atoms with van der Waals surface area (Å²) in [4.78, 5) is 11.2. The lowest BCUT2D eigenvalue weighted by atomic mass is 10.1. The summed E-state index contributed by atoms with van der Waals surface area (Å²) in [6.45, 7) is 4.31. The molecule has 2 nitrogen and oxygen atoms in total. The first-order chi connectivity index (χ1) is 6.27. The number of benzene rings is 1. The Morgan fingerprint density at radius 1 is 1.23 bits per heavy atom. The predicted molar refractivity (Wildman–Crippen MR) is 51.8 cm³/mol. The van der Waals surface area contributed by atoms with Crippen LogP contribution in [0.1, 0.15) is 29.8 Å². The predicted octanol–water partition coefficient (Wildman–Crippen LogP) is 2.43. The minimum atomic E-state index is -0.245. The van der Waals surface area contributed by atoms with Gasteiger partial charge in [-0.2, -0.15) is 0 Å². The molecule has 0 unspecified atom stereocenters. The van der Waals surface area contributed by atoms with Gasteiger partial charge >= 0.3 is 5.97 Å². The third kappa shape index (κ3) is 2.58. The molecule has 1 rings (SSSR count). The lowest BCUT2D eigenvalue weighted by Gasteiger charge is -2.01. The molecular weight excluding hydrogens is 164 g/mol. The maximum atomic E-state index is 11.2. The Morgan fingerprint density at radius 3 is 2.31 bits per heavy atom. The van der Waals surface area contributed by atoms with Crippen molar-refractivity contribution in [3.63, 3.8) is 0 Å². The van der Waals surface area contributed by atoms with Gasteiger partial charge in [-0.25, -0.2) is 4.79 Å². The van der Waals surface area contributed by atoms with E-state index in [9.17, 15) is 4.79 Å². The van der Waals surface area contributed by atoms with Crippen LogP contribution in [-0.2, 0) is 11.2 Å². The second-order valence-corrected chi connectivity index (χ2v) is 2.77. The number of hydrogen-bond donors (Lipinski definition) is 0. The summed E-state index contributed by atoms with van der Waals surface area (Å²) in [6, 6.07) is 7.51. The van der Waals surface area contributed by atoms with E-state index in [2.05, 4.69) is 6.92 Å². The van der Waals surface area contributed by atoms with E-state index >= 15 is 0 Å². The van der Waals surface area contributed by atoms with E-state index in [1.807, 2.05) is 12.1 Å². The highest BCUT2D eigenvalue weighted by atomic mass is 16.5. The summed E-state index contributed by atoms with van der Waals surface area (Å²) in [5.74, 6) is -0.245. The van der Waals surface area contributed by atoms with Gasteiger partial charge in [0.1, 0.15) is 0 Å². The molecule has 0 fully saturated rings. The lowest BCUT2D eigenvalue weighted by molar-refractivity contribution is 0.0526. The molecule has 0 N–H and O–H groups in total. The highest BCUT2D eigenvalue weighted by molar-refractivity contribution is 5.89. The SMILES string of the molecule is CCOC(=O)c1ccc(CC)cc1. The monoisotopic (exact) mass is 178 g/mol. The number of aryl methyl sites for hydroxylation is 1. The molecule has 13 heavy (non-hydrogen) atoms. The highest BCUT2D eigenvalue weighted by Gasteiger charge is 2.04. The molecule has 0 bridgehead atoms. The molecule has 0 aliphatic rings. The largest absolute Gasteiger partial charge is 0.462 e. The van der Waals surface area contributed by atoms with E-state index in [-0.39, 0.29) is 5.97 Å². The fourth-order valence-electron chi connectivity index (χ4n) is 1.09. The van der Waals surface area contributed by atoms with E-state index < -0.39 is 0 Å². The van der Waals surface area contributed by atoms with Crippen molar-refractivity contribution in [1.29, 1.82) is 0 Å². The molecule has 1 aromatic carbocycles. The average Bonchev–Trinajstić information content (AvgIpc) is 2.18. The Hall–Kier alpha value is -1.31. The normalized spacial score (nSPS) is 9.69. The zero-order valence-corrected chi connectivity index (χ0v) is 8.04. The zero-order chi connectivity index (χ0) is 9.68. The first-order valence-electron chi connectivity index (χ1n) is 4.54. The van der Waals surface area contributed by atoms with Crippen molar-refractivity contribution in [2.75, 3.05) is 6.61 Å². The van der Waals surface area contributed by atoms with Crippen LogP contribution in [0.4, 0.5) is 0 Å². The van der Waals surface area contributed by atoms with Crippen LogP contribution in [0, 0.1) is 0 Å². The number of esters is 1. The minimum Gasteiger partial charge on any atom is -0.462 e. The van der Waals surface area contributed by atoms with E-state index in [4.69, 9.17) is 4.74 Å². The van der Waals surface area contributed by atoms with Crippen LogP contribution < -0.4 is 0 Å². The fourth-order valence-corrected chi connectivity index (χ4v) is 1.09. The molecular formula is C11H14O2. The van der Waals surface area contributed by atoms with Crippen LogP contribution in [0.5, 0.6) is 0 Å². The topological polar surface area (TPSA) is 26.3 Å². The van der Waals surface area contributed by atoms with Gasteiger partial charge in [-0.1, -0.05) is 19.1 Å². The molecule has 70 valence electrons. The zero-order valence-electron chi connectivity index (χ0n) is 8.04. The molecule has 0 aromatic heterocycles. The van der Waals surface area contributed by atoms with Crippen molar-refractivity contribution >= 4 is 5.97 Å². The Kier molecular flexibility index (Phi) is 3.50. The fraction of sp³-hybridized carbons (Fsp3) is 0.364. The van der Waals surface area contributed by atoms with Crippen LogP contribution in [0.15, 0.2) is 24.3 Å². The quantitative estimate of drug-likeness (QED) is 0.664. The summed E-state index contributed by atoms with van der Waals surface area (Å²) >= 11 is 0. The molecule has 2 heteroatoms. The number of ether oxygens (including phenoxy) is 1. The van der Waals surface area contributed by atoms with Gasteiger partial charge in [-0.3, -0.25) is 0 Å². The summed E-state index contributed by atoms with van der Waals surface area (Å²) in [5, 5.41) is 0. The Morgan fingerprint density at radius 2 is 1.85 bits per heavy atom. The Labute approximate surface area is 78.5 Å². The van der Waals surface area contributed by atoms with Gasteiger partial charge in [0.15, 0.2) is 0 Å². The van der Waals surface area contributed by atoms with Crippen LogP contribution in [0.2, 0.25) is 0 Å². The van der Waals surface area contributed by atoms with E-state index in [0.717, 1.165) is 6.42 Å². The molecule has 0 atom stereocenters. The second-order valence-electron chi connectivity index (χ2n) is 2.77. The second kappa shape index (κ2) is 4.65. The van der Waals surface area contributed by atoms with Gasteiger partial charge in [0.2, 0.25) is 0 Å². The van der Waals surface area contributed by atoms with E-state index in [1.165, 1.54) is 5.56 Å². The van der Waals surface area contributed by atoms with Gasteiger partial charge in [0.25, 0.3) is 0 Å². The Bertz CT molecular complexity index is 275. The van der Waals surface area contributed by atoms with Crippen molar-refractivity contribution < 1.29 is 9.53 Å². The number of carbonyl (C=O) groups excluding carboxylic acids is 1. The van der Waals surface area contributed by atoms with Crippen LogP contribution in [0.3, 0.4) is 0 Å². The van der Waals surface area contributed by atoms with Gasteiger partial charge in [0.05, 0.1) is 12.2 Å². The van der Waals surface area contributed by atoms with Crippen LogP contribution in [0.25, 0.3) is 0 Å². The smallest absolute Gasteiger partial charge is 0.338 e. The number of carbonyl (C=O) groups is 1. The summed E-state index contributed by atoms with van der Waals surface area (Å²) < 4.78 is 4.86. The summed E-state index contributed by atoms with van der Waals surface area (Å²) in [6.07, 6.45) is 0.989. The first kappa shape index (κ1) is 9.78. The highest BCUT2D eigenvalue weighted by Crippen LogP contribution is 2.06. The van der Waals surface area contributed by atoms with Crippen molar-refractivity contribution in [3.05, 3.63) is 35.4 Å². The third-order valence-corrected chi connectivity index (χ3v) is 1.87. The van der Waals surface area contributed by atoms with Gasteiger partial charge < -0.3 is 4.74 Å². The number of rotatable bonds is 3. The molecule has 0 heterocycles. The molecule has 0 saturated heterocycles. The first-order valence-corrected chi connectivity index (χ1v) is 4.54. The molecule has 0 aliphatic heterocycles. The molecule has 1 aromatic rings. The van der Waals surface area contributed by atoms with Crippen molar-refractivity contribution in [2.45, 2.75) is 20.3 Å². The number of hydrogen-bond acceptors (Lipinski definition) is 2. The summed E-state index contributed by atoms with van der Waals surface area (Å²) in [7, 11) is 0. The minimum absolute atomic E-state index is 0.245. The van der Waals surface area contributed by atoms with Crippen molar-refractivity contribution in [3.8, 4) is 0 Å². The van der Waals surface area contributed by atoms with E-state index in [0.29, 0.717) is 12.2 Å². The van der Waals surface area contributed by atoms with Crippen molar-refractivity contribution in [1.82, 2.24) is 0 Å². The maximum Gasteiger partial charge on any atom is 0.338 e. The van der Waals surface area contributed by atoms with Gasteiger partial charge in [0, 0.05) is 0 Å². The summed E-state index contributed by atoms with van der Waals surface area (Å²) in [5.41, 5.74) is 1.85.